The summed E-state index contributed by atoms with van der Waals surface area (Å²) >= 11 is 0. The average Bonchev–Trinajstić information content (AvgIpc) is 1.31. The SMILES string of the molecule is CC(C)(C)C(=O)O.F. The van der Waals surface area contributed by atoms with Crippen LogP contribution in [0.2, 0.25) is 0 Å². The standard InChI is InChI=1S/C5H10O2.FH/c1-5(2,3)4(6)7;/h1-3H3,(H,6,7);1H. The zero-order valence-electron chi connectivity index (χ0n) is 5.26. The van der Waals surface area contributed by atoms with E-state index in [2.05, 4.69) is 0 Å². The molecule has 0 atom stereocenters. The molecule has 3 heteroatoms. The fourth-order valence-corrected chi connectivity index (χ4v) is 0. The minimum Gasteiger partial charge on any atom is -0.481 e. The topological polar surface area (TPSA) is 37.3 Å². The van der Waals surface area contributed by atoms with Crippen LogP contribution >= 0.6 is 0 Å². The Kier molecular flexibility index (Phi) is 3.44. The molecule has 0 rings (SSSR count). The third-order valence-electron chi connectivity index (χ3n) is 0.642. The normalized spacial score (nSPS) is 9.88. The van der Waals surface area contributed by atoms with Crippen LogP contribution in [0.4, 0.5) is 4.70 Å². The molecule has 0 saturated heterocycles. The largest absolute Gasteiger partial charge is 0.481 e. The monoisotopic (exact) mass is 122 g/mol. The molecule has 0 bridgehead atoms. The molecule has 8 heavy (non-hydrogen) atoms. The molecular weight excluding hydrogens is 111 g/mol. The lowest BCUT2D eigenvalue weighted by atomic mass is 9.98. The molecule has 0 unspecified atom stereocenters. The number of aliphatic carboxylic acids is 1. The van der Waals surface area contributed by atoms with E-state index in [0.29, 0.717) is 0 Å². The van der Waals surface area contributed by atoms with Crippen molar-refractivity contribution in [2.24, 2.45) is 5.41 Å². The molecule has 0 amide bonds. The molecule has 50 valence electrons. The first-order valence-corrected chi connectivity index (χ1v) is 2.18. The summed E-state index contributed by atoms with van der Waals surface area (Å²) in [5, 5.41) is 8.25. The maximum atomic E-state index is 10.0. The van der Waals surface area contributed by atoms with E-state index in [1.807, 2.05) is 0 Å². The number of hydrogen-bond donors (Lipinski definition) is 1. The van der Waals surface area contributed by atoms with Gasteiger partial charge in [-0.1, -0.05) is 0 Å². The minimum absolute atomic E-state index is 0. The van der Waals surface area contributed by atoms with Crippen molar-refractivity contribution in [3.8, 4) is 0 Å². The average molecular weight is 122 g/mol. The summed E-state index contributed by atoms with van der Waals surface area (Å²) in [6.07, 6.45) is 0. The van der Waals surface area contributed by atoms with Crippen molar-refractivity contribution in [2.75, 3.05) is 0 Å². The van der Waals surface area contributed by atoms with Gasteiger partial charge in [0.2, 0.25) is 0 Å². The second kappa shape index (κ2) is 2.64. The van der Waals surface area contributed by atoms with Crippen molar-refractivity contribution >= 4 is 5.97 Å². The van der Waals surface area contributed by atoms with Crippen molar-refractivity contribution in [1.82, 2.24) is 0 Å². The fraction of sp³-hybridized carbons (Fsp3) is 0.800. The summed E-state index contributed by atoms with van der Waals surface area (Å²) in [5.74, 6) is -0.757. The molecule has 0 saturated carbocycles. The molecule has 1 N–H and O–H groups in total. The van der Waals surface area contributed by atoms with Gasteiger partial charge in [-0.3, -0.25) is 9.50 Å². The van der Waals surface area contributed by atoms with Gasteiger partial charge in [-0.25, -0.2) is 0 Å². The Labute approximate surface area is 47.9 Å². The van der Waals surface area contributed by atoms with E-state index < -0.39 is 11.4 Å². The highest BCUT2D eigenvalue weighted by Gasteiger charge is 2.18. The molecule has 0 heterocycles. The zero-order valence-corrected chi connectivity index (χ0v) is 5.26. The Morgan fingerprint density at radius 3 is 1.50 bits per heavy atom. The lowest BCUT2D eigenvalue weighted by molar-refractivity contribution is -0.145. The van der Waals surface area contributed by atoms with Gasteiger partial charge in [0, 0.05) is 0 Å². The number of carbonyl (C=O) groups is 1. The third-order valence-corrected chi connectivity index (χ3v) is 0.642. The van der Waals surface area contributed by atoms with Gasteiger partial charge in [0.1, 0.15) is 0 Å². The first-order chi connectivity index (χ1) is 2.94. The minimum atomic E-state index is -0.757. The van der Waals surface area contributed by atoms with Crippen molar-refractivity contribution in [2.45, 2.75) is 20.8 Å². The van der Waals surface area contributed by atoms with Crippen molar-refractivity contribution in [3.05, 3.63) is 0 Å². The van der Waals surface area contributed by atoms with E-state index in [9.17, 15) is 4.79 Å². The summed E-state index contributed by atoms with van der Waals surface area (Å²) in [5.41, 5.74) is -0.583. The maximum Gasteiger partial charge on any atom is 0.308 e. The molecule has 0 spiro atoms. The van der Waals surface area contributed by atoms with Gasteiger partial charge < -0.3 is 5.11 Å². The number of carboxylic acids is 1. The lowest BCUT2D eigenvalue weighted by Crippen LogP contribution is -2.18. The number of rotatable bonds is 0. The van der Waals surface area contributed by atoms with E-state index in [-0.39, 0.29) is 4.70 Å². The summed E-state index contributed by atoms with van der Waals surface area (Å²) < 4.78 is 0. The van der Waals surface area contributed by atoms with Crippen molar-refractivity contribution < 1.29 is 14.6 Å². The van der Waals surface area contributed by atoms with Gasteiger partial charge in [-0.05, 0) is 20.8 Å². The smallest absolute Gasteiger partial charge is 0.308 e. The molecule has 0 aliphatic rings. The Hall–Kier alpha value is -0.600. The fourth-order valence-electron chi connectivity index (χ4n) is 0. The van der Waals surface area contributed by atoms with Crippen LogP contribution in [-0.2, 0) is 4.79 Å². The van der Waals surface area contributed by atoms with Crippen LogP contribution < -0.4 is 0 Å². The highest BCUT2D eigenvalue weighted by Crippen LogP contribution is 2.11. The summed E-state index contributed by atoms with van der Waals surface area (Å²) in [6.45, 7) is 4.99. The number of carboxylic acid groups (broad SMARTS) is 1. The highest BCUT2D eigenvalue weighted by atomic mass is 19.0. The second-order valence-electron chi connectivity index (χ2n) is 2.56. The third kappa shape index (κ3) is 3.59. The van der Waals surface area contributed by atoms with Crippen LogP contribution in [0.5, 0.6) is 0 Å². The van der Waals surface area contributed by atoms with Crippen molar-refractivity contribution in [3.63, 3.8) is 0 Å². The quantitative estimate of drug-likeness (QED) is 0.525. The van der Waals surface area contributed by atoms with E-state index in [4.69, 9.17) is 5.11 Å². The Morgan fingerprint density at radius 2 is 1.50 bits per heavy atom. The Balaban J connectivity index is 0. The van der Waals surface area contributed by atoms with E-state index in [1.54, 1.807) is 20.8 Å². The molecule has 0 aromatic heterocycles. The summed E-state index contributed by atoms with van der Waals surface area (Å²) in [6, 6.07) is 0. The first kappa shape index (κ1) is 10.4. The Bertz CT molecular complexity index is 82.9. The zero-order chi connectivity index (χ0) is 6.08. The molecule has 2 nitrogen and oxygen atoms in total. The van der Waals surface area contributed by atoms with Gasteiger partial charge in [-0.15, -0.1) is 0 Å². The molecule has 0 aromatic carbocycles. The van der Waals surface area contributed by atoms with Crippen molar-refractivity contribution in [1.29, 1.82) is 0 Å². The molecule has 0 aliphatic carbocycles. The van der Waals surface area contributed by atoms with Crippen LogP contribution in [0.3, 0.4) is 0 Å². The molecular formula is C5H11FO2. The number of hydrogen-bond acceptors (Lipinski definition) is 1. The molecule has 0 fully saturated rings. The van der Waals surface area contributed by atoms with Gasteiger partial charge in [0.05, 0.1) is 5.41 Å². The second-order valence-corrected chi connectivity index (χ2v) is 2.56. The van der Waals surface area contributed by atoms with Gasteiger partial charge in [0.15, 0.2) is 0 Å². The molecule has 0 aliphatic heterocycles. The molecule has 0 radical (unpaired) electrons. The number of halogens is 1. The van der Waals surface area contributed by atoms with Crippen LogP contribution in [0.1, 0.15) is 20.8 Å². The van der Waals surface area contributed by atoms with Crippen LogP contribution in [0.15, 0.2) is 0 Å². The van der Waals surface area contributed by atoms with E-state index >= 15 is 0 Å². The molecule has 0 aromatic rings. The first-order valence-electron chi connectivity index (χ1n) is 2.18. The van der Waals surface area contributed by atoms with Crippen LogP contribution in [0.25, 0.3) is 0 Å². The predicted molar refractivity (Wildman–Crippen MR) is 29.6 cm³/mol. The summed E-state index contributed by atoms with van der Waals surface area (Å²) in [4.78, 5) is 10.0. The van der Waals surface area contributed by atoms with Gasteiger partial charge in [-0.2, -0.15) is 0 Å². The highest BCUT2D eigenvalue weighted by molar-refractivity contribution is 5.72. The van der Waals surface area contributed by atoms with Crippen LogP contribution in [-0.4, -0.2) is 11.1 Å². The van der Waals surface area contributed by atoms with Crippen LogP contribution in [0, 0.1) is 5.41 Å². The van der Waals surface area contributed by atoms with E-state index in [0.717, 1.165) is 0 Å². The van der Waals surface area contributed by atoms with Gasteiger partial charge in [0.25, 0.3) is 0 Å². The Morgan fingerprint density at radius 1 is 1.38 bits per heavy atom. The van der Waals surface area contributed by atoms with E-state index in [1.165, 1.54) is 0 Å². The maximum absolute atomic E-state index is 10.0. The predicted octanol–water partition coefficient (Wildman–Crippen LogP) is 1.27. The summed E-state index contributed by atoms with van der Waals surface area (Å²) in [7, 11) is 0. The lowest BCUT2D eigenvalue weighted by Gasteiger charge is -2.08. The van der Waals surface area contributed by atoms with Gasteiger partial charge >= 0.3 is 5.97 Å².